The lowest BCUT2D eigenvalue weighted by Gasteiger charge is -2.21. The van der Waals surface area contributed by atoms with E-state index in [1.165, 1.54) is 19.3 Å². The molecule has 1 nitrogen and oxygen atoms in total. The number of allylic oxidation sites excluding steroid dienone is 4. The quantitative estimate of drug-likeness (QED) is 0.632. The average Bonchev–Trinajstić information content (AvgIpc) is 2.71. The molecule has 0 unspecified atom stereocenters. The van der Waals surface area contributed by atoms with Crippen LogP contribution in [-0.4, -0.2) is 5.78 Å². The van der Waals surface area contributed by atoms with Crippen LogP contribution in [0.25, 0.3) is 0 Å². The van der Waals surface area contributed by atoms with Crippen molar-refractivity contribution >= 4 is 5.78 Å². The van der Waals surface area contributed by atoms with E-state index in [0.29, 0.717) is 11.7 Å². The third-order valence-corrected chi connectivity index (χ3v) is 3.08. The Morgan fingerprint density at radius 3 is 2.23 bits per heavy atom. The predicted octanol–water partition coefficient (Wildman–Crippen LogP) is 2.88. The lowest BCUT2D eigenvalue weighted by atomic mass is 9.82. The van der Waals surface area contributed by atoms with Gasteiger partial charge in [-0.2, -0.15) is 0 Å². The second-order valence-electron chi connectivity index (χ2n) is 4.03. The highest BCUT2D eigenvalue weighted by atomic mass is 16.1. The monoisotopic (exact) mass is 176 g/mol. The maximum Gasteiger partial charge on any atom is 0.146 e. The van der Waals surface area contributed by atoms with Crippen LogP contribution in [0, 0.1) is 11.8 Å². The van der Waals surface area contributed by atoms with Gasteiger partial charge in [0.05, 0.1) is 5.92 Å². The van der Waals surface area contributed by atoms with Crippen LogP contribution < -0.4 is 0 Å². The molecular weight excluding hydrogens is 160 g/mol. The van der Waals surface area contributed by atoms with Crippen molar-refractivity contribution in [2.75, 3.05) is 0 Å². The van der Waals surface area contributed by atoms with Crippen molar-refractivity contribution in [1.82, 2.24) is 0 Å². The first kappa shape index (κ1) is 8.74. The van der Waals surface area contributed by atoms with E-state index >= 15 is 0 Å². The molecule has 0 spiro atoms. The molecule has 70 valence electrons. The van der Waals surface area contributed by atoms with E-state index in [-0.39, 0.29) is 5.92 Å². The molecule has 2 rings (SSSR count). The first-order valence-corrected chi connectivity index (χ1v) is 5.26. The minimum Gasteiger partial charge on any atom is -0.298 e. The number of ketones is 1. The summed E-state index contributed by atoms with van der Waals surface area (Å²) < 4.78 is 0. The molecule has 13 heavy (non-hydrogen) atoms. The van der Waals surface area contributed by atoms with Crippen molar-refractivity contribution in [2.24, 2.45) is 11.8 Å². The number of Topliss-reactive ketones (excluding diaryl/α,β-unsaturated/α-hetero) is 1. The SMILES string of the molecule is O=C(C1C=CC=C1)C1CCCCC1. The third-order valence-electron chi connectivity index (χ3n) is 3.08. The van der Waals surface area contributed by atoms with E-state index in [0.717, 1.165) is 12.8 Å². The molecular formula is C12H16O. The van der Waals surface area contributed by atoms with Crippen LogP contribution >= 0.6 is 0 Å². The van der Waals surface area contributed by atoms with Gasteiger partial charge in [-0.25, -0.2) is 0 Å². The van der Waals surface area contributed by atoms with Crippen molar-refractivity contribution in [3.05, 3.63) is 24.3 Å². The first-order chi connectivity index (χ1) is 6.38. The zero-order valence-electron chi connectivity index (χ0n) is 7.91. The van der Waals surface area contributed by atoms with E-state index in [9.17, 15) is 4.79 Å². The van der Waals surface area contributed by atoms with Crippen molar-refractivity contribution < 1.29 is 4.79 Å². The summed E-state index contributed by atoms with van der Waals surface area (Å²) in [4.78, 5) is 11.9. The summed E-state index contributed by atoms with van der Waals surface area (Å²) in [5.74, 6) is 0.902. The Kier molecular flexibility index (Phi) is 2.62. The normalized spacial score (nSPS) is 24.0. The van der Waals surface area contributed by atoms with Crippen molar-refractivity contribution in [1.29, 1.82) is 0 Å². The Hall–Kier alpha value is -0.850. The topological polar surface area (TPSA) is 17.1 Å². The van der Waals surface area contributed by atoms with E-state index in [4.69, 9.17) is 0 Å². The van der Waals surface area contributed by atoms with Crippen LogP contribution in [0.3, 0.4) is 0 Å². The van der Waals surface area contributed by atoms with Crippen molar-refractivity contribution in [3.63, 3.8) is 0 Å². The molecule has 0 radical (unpaired) electrons. The van der Waals surface area contributed by atoms with Crippen LogP contribution in [0.15, 0.2) is 24.3 Å². The number of rotatable bonds is 2. The van der Waals surface area contributed by atoms with Crippen LogP contribution in [-0.2, 0) is 4.79 Å². The number of carbonyl (C=O) groups is 1. The summed E-state index contributed by atoms with van der Waals surface area (Å²) in [5, 5.41) is 0. The summed E-state index contributed by atoms with van der Waals surface area (Å²) in [6, 6.07) is 0. The van der Waals surface area contributed by atoms with Gasteiger partial charge in [-0.15, -0.1) is 0 Å². The molecule has 0 heterocycles. The molecule has 0 aromatic rings. The fourth-order valence-electron chi connectivity index (χ4n) is 2.28. The standard InChI is InChI=1S/C12H16O/c13-12(11-8-4-5-9-11)10-6-2-1-3-7-10/h4-5,8-11H,1-3,6-7H2. The fraction of sp³-hybridized carbons (Fsp3) is 0.583. The first-order valence-electron chi connectivity index (χ1n) is 5.26. The van der Waals surface area contributed by atoms with Gasteiger partial charge in [0.25, 0.3) is 0 Å². The van der Waals surface area contributed by atoms with E-state index < -0.39 is 0 Å². The lowest BCUT2D eigenvalue weighted by Crippen LogP contribution is -2.22. The zero-order chi connectivity index (χ0) is 9.10. The number of hydrogen-bond acceptors (Lipinski definition) is 1. The van der Waals surface area contributed by atoms with Crippen LogP contribution in [0.5, 0.6) is 0 Å². The van der Waals surface area contributed by atoms with E-state index in [1.807, 2.05) is 24.3 Å². The fourth-order valence-corrected chi connectivity index (χ4v) is 2.28. The highest BCUT2D eigenvalue weighted by Gasteiger charge is 2.25. The third kappa shape index (κ3) is 1.90. The van der Waals surface area contributed by atoms with E-state index in [2.05, 4.69) is 0 Å². The Morgan fingerprint density at radius 2 is 1.62 bits per heavy atom. The Balaban J connectivity index is 1.95. The minimum absolute atomic E-state index is 0.100. The predicted molar refractivity (Wildman–Crippen MR) is 53.4 cm³/mol. The van der Waals surface area contributed by atoms with Crippen molar-refractivity contribution in [2.45, 2.75) is 32.1 Å². The summed E-state index contributed by atoms with van der Waals surface area (Å²) in [7, 11) is 0. The maximum atomic E-state index is 11.9. The Morgan fingerprint density at radius 1 is 1.00 bits per heavy atom. The molecule has 2 aliphatic rings. The van der Waals surface area contributed by atoms with Crippen LogP contribution in [0.4, 0.5) is 0 Å². The van der Waals surface area contributed by atoms with Gasteiger partial charge >= 0.3 is 0 Å². The van der Waals surface area contributed by atoms with Crippen LogP contribution in [0.2, 0.25) is 0 Å². The van der Waals surface area contributed by atoms with E-state index in [1.54, 1.807) is 0 Å². The van der Waals surface area contributed by atoms with Gasteiger partial charge in [-0.1, -0.05) is 43.6 Å². The van der Waals surface area contributed by atoms with Gasteiger partial charge in [0.2, 0.25) is 0 Å². The Labute approximate surface area is 79.5 Å². The van der Waals surface area contributed by atoms with Crippen LogP contribution in [0.1, 0.15) is 32.1 Å². The number of hydrogen-bond donors (Lipinski definition) is 0. The molecule has 0 saturated heterocycles. The lowest BCUT2D eigenvalue weighted by molar-refractivity contribution is -0.125. The molecule has 1 heteroatoms. The minimum atomic E-state index is 0.100. The molecule has 0 bridgehead atoms. The average molecular weight is 176 g/mol. The highest BCUT2D eigenvalue weighted by molar-refractivity contribution is 5.87. The molecule has 2 aliphatic carbocycles. The summed E-state index contributed by atoms with van der Waals surface area (Å²) in [6.07, 6.45) is 14.0. The smallest absolute Gasteiger partial charge is 0.146 e. The summed E-state index contributed by atoms with van der Waals surface area (Å²) >= 11 is 0. The van der Waals surface area contributed by atoms with Gasteiger partial charge in [-0.05, 0) is 12.8 Å². The second-order valence-corrected chi connectivity index (χ2v) is 4.03. The summed E-state index contributed by atoms with van der Waals surface area (Å²) in [5.41, 5.74) is 0. The van der Waals surface area contributed by atoms with Gasteiger partial charge in [0.15, 0.2) is 0 Å². The largest absolute Gasteiger partial charge is 0.298 e. The van der Waals surface area contributed by atoms with Gasteiger partial charge < -0.3 is 0 Å². The van der Waals surface area contributed by atoms with Gasteiger partial charge in [0, 0.05) is 5.92 Å². The molecule has 0 N–H and O–H groups in total. The highest BCUT2D eigenvalue weighted by Crippen LogP contribution is 2.28. The molecule has 0 amide bonds. The van der Waals surface area contributed by atoms with Gasteiger partial charge in [-0.3, -0.25) is 4.79 Å². The second kappa shape index (κ2) is 3.91. The molecule has 0 aliphatic heterocycles. The molecule has 0 aromatic carbocycles. The summed E-state index contributed by atoms with van der Waals surface area (Å²) in [6.45, 7) is 0. The van der Waals surface area contributed by atoms with Gasteiger partial charge in [0.1, 0.15) is 5.78 Å². The maximum absolute atomic E-state index is 11.9. The Bertz CT molecular complexity index is 232. The molecule has 1 saturated carbocycles. The molecule has 0 atom stereocenters. The molecule has 1 fully saturated rings. The number of carbonyl (C=O) groups excluding carboxylic acids is 1. The zero-order valence-corrected chi connectivity index (χ0v) is 7.91. The van der Waals surface area contributed by atoms with Crippen molar-refractivity contribution in [3.8, 4) is 0 Å². The molecule has 0 aromatic heterocycles.